The van der Waals surface area contributed by atoms with Gasteiger partial charge < -0.3 is 20.1 Å². The molecular formula is C27H32F2N4O4S. The number of sulfone groups is 1. The minimum Gasteiger partial charge on any atom is -0.447 e. The molecule has 0 aliphatic heterocycles. The van der Waals surface area contributed by atoms with Crippen molar-refractivity contribution in [3.05, 3.63) is 64.9 Å². The minimum absolute atomic E-state index is 0.0156. The molecule has 0 spiro atoms. The van der Waals surface area contributed by atoms with Crippen LogP contribution in [0, 0.1) is 39.2 Å². The van der Waals surface area contributed by atoms with E-state index in [0.717, 1.165) is 24.7 Å². The van der Waals surface area contributed by atoms with Gasteiger partial charge in [-0.15, -0.1) is 0 Å². The summed E-state index contributed by atoms with van der Waals surface area (Å²) in [4.78, 5) is 19.2. The zero-order valence-corrected chi connectivity index (χ0v) is 22.9. The van der Waals surface area contributed by atoms with E-state index in [1.165, 1.54) is 12.1 Å². The lowest BCUT2D eigenvalue weighted by Crippen LogP contribution is -2.50. The van der Waals surface area contributed by atoms with Crippen LogP contribution in [-0.2, 0) is 15.6 Å². The van der Waals surface area contributed by atoms with E-state index in [-0.39, 0.29) is 41.5 Å². The number of hydrogen-bond donors (Lipinski definition) is 2. The summed E-state index contributed by atoms with van der Waals surface area (Å²) in [5.41, 5.74) is -1.19. The lowest BCUT2D eigenvalue weighted by molar-refractivity contribution is 0.0535. The zero-order chi connectivity index (χ0) is 28.2. The average Bonchev–Trinajstić information content (AvgIpc) is 3.39. The molecule has 1 aromatic carbocycles. The fourth-order valence-electron chi connectivity index (χ4n) is 5.99. The smallest absolute Gasteiger partial charge is 0.276 e. The van der Waals surface area contributed by atoms with Crippen molar-refractivity contribution in [2.45, 2.75) is 52.3 Å². The molecule has 0 saturated heterocycles. The molecule has 0 radical (unpaired) electrons. The van der Waals surface area contributed by atoms with E-state index in [2.05, 4.69) is 4.98 Å². The van der Waals surface area contributed by atoms with E-state index in [9.17, 15) is 22.0 Å². The summed E-state index contributed by atoms with van der Waals surface area (Å²) < 4.78 is 57.1. The van der Waals surface area contributed by atoms with E-state index in [1.54, 1.807) is 4.90 Å². The standard InChI is InChI=1S/C27H32F2N4O4S/c1-15(2)33(25(34)21-12-37-22(32-21)13-38(5,35)36)14-27-10-9-17(26(27,3)4)16(24(27)31)11-20(30)23-18(28)7-6-8-19(23)29/h6-8,11-12,15,17,30-31H,9-10,13-14H2,1-5H3/b16-11-,30-20?,31-24?/t17-,27-/m0/s1. The van der Waals surface area contributed by atoms with Crippen molar-refractivity contribution < 1.29 is 26.4 Å². The Labute approximate surface area is 221 Å². The van der Waals surface area contributed by atoms with Crippen molar-refractivity contribution in [2.75, 3.05) is 12.8 Å². The predicted molar refractivity (Wildman–Crippen MR) is 139 cm³/mol. The Bertz CT molecular complexity index is 1440. The highest BCUT2D eigenvalue weighted by Crippen LogP contribution is 2.66. The fourth-order valence-corrected chi connectivity index (χ4v) is 6.57. The van der Waals surface area contributed by atoms with Crippen LogP contribution < -0.4 is 0 Å². The van der Waals surface area contributed by atoms with Crippen LogP contribution in [0.3, 0.4) is 0 Å². The van der Waals surface area contributed by atoms with Crippen LogP contribution in [0.5, 0.6) is 0 Å². The van der Waals surface area contributed by atoms with Gasteiger partial charge in [-0.2, -0.15) is 0 Å². The number of halogens is 2. The number of hydrogen-bond acceptors (Lipinski definition) is 7. The van der Waals surface area contributed by atoms with E-state index in [0.29, 0.717) is 18.4 Å². The Kier molecular flexibility index (Phi) is 6.97. The number of nitrogens with zero attached hydrogens (tertiary/aromatic N) is 2. The summed E-state index contributed by atoms with van der Waals surface area (Å²) >= 11 is 0. The number of nitrogens with one attached hydrogen (secondary N) is 2. The number of benzene rings is 1. The van der Waals surface area contributed by atoms with Gasteiger partial charge in [-0.05, 0) is 61.8 Å². The van der Waals surface area contributed by atoms with Crippen molar-refractivity contribution in [2.24, 2.45) is 16.7 Å². The topological polar surface area (TPSA) is 128 Å². The Hall–Kier alpha value is -3.21. The normalized spacial score (nSPS) is 23.4. The highest BCUT2D eigenvalue weighted by atomic mass is 32.2. The quantitative estimate of drug-likeness (QED) is 0.460. The second kappa shape index (κ2) is 9.52. The highest BCUT2D eigenvalue weighted by Gasteiger charge is 2.65. The lowest BCUT2D eigenvalue weighted by Gasteiger charge is -2.42. The molecule has 2 atom stereocenters. The first-order chi connectivity index (χ1) is 17.6. The molecule has 1 amide bonds. The predicted octanol–water partition coefficient (Wildman–Crippen LogP) is 4.80. The van der Waals surface area contributed by atoms with Gasteiger partial charge in [0.15, 0.2) is 15.5 Å². The monoisotopic (exact) mass is 546 g/mol. The van der Waals surface area contributed by atoms with E-state index >= 15 is 0 Å². The highest BCUT2D eigenvalue weighted by molar-refractivity contribution is 7.89. The van der Waals surface area contributed by atoms with Crippen LogP contribution >= 0.6 is 0 Å². The van der Waals surface area contributed by atoms with Crippen LogP contribution in [-0.4, -0.2) is 54.5 Å². The molecular weight excluding hydrogens is 514 g/mol. The third-order valence-corrected chi connectivity index (χ3v) is 8.89. The molecule has 2 aliphatic rings. The number of carbonyl (C=O) groups is 1. The van der Waals surface area contributed by atoms with Gasteiger partial charge >= 0.3 is 0 Å². The number of rotatable bonds is 8. The third kappa shape index (κ3) is 4.61. The van der Waals surface area contributed by atoms with Crippen LogP contribution in [0.1, 0.15) is 62.5 Å². The second-order valence-corrected chi connectivity index (χ2v) is 13.2. The van der Waals surface area contributed by atoms with Gasteiger partial charge in [0.1, 0.15) is 23.7 Å². The number of allylic oxidation sites excluding steroid dienone is 2. The van der Waals surface area contributed by atoms with Gasteiger partial charge in [-0.1, -0.05) is 19.9 Å². The van der Waals surface area contributed by atoms with Gasteiger partial charge in [-0.25, -0.2) is 22.2 Å². The molecule has 2 saturated carbocycles. The Morgan fingerprint density at radius 3 is 2.50 bits per heavy atom. The van der Waals surface area contributed by atoms with Gasteiger partial charge in [-0.3, -0.25) is 4.79 Å². The molecule has 1 heterocycles. The maximum Gasteiger partial charge on any atom is 0.276 e. The van der Waals surface area contributed by atoms with Gasteiger partial charge in [0.2, 0.25) is 5.89 Å². The van der Waals surface area contributed by atoms with Gasteiger partial charge in [0.25, 0.3) is 5.91 Å². The Balaban J connectivity index is 1.67. The summed E-state index contributed by atoms with van der Waals surface area (Å²) in [6, 6.07) is 3.16. The number of fused-ring (bicyclic) bond motifs is 2. The lowest BCUT2D eigenvalue weighted by atomic mass is 9.68. The molecule has 2 aromatic rings. The number of amides is 1. The van der Waals surface area contributed by atoms with Crippen molar-refractivity contribution >= 4 is 27.2 Å². The summed E-state index contributed by atoms with van der Waals surface area (Å²) in [6.45, 7) is 7.93. The van der Waals surface area contributed by atoms with E-state index in [1.807, 2.05) is 27.7 Å². The largest absolute Gasteiger partial charge is 0.447 e. The molecule has 1 aromatic heterocycles. The second-order valence-electron chi connectivity index (χ2n) is 11.1. The van der Waals surface area contributed by atoms with E-state index in [4.69, 9.17) is 15.2 Å². The van der Waals surface area contributed by atoms with Gasteiger partial charge in [0, 0.05) is 30.0 Å². The van der Waals surface area contributed by atoms with Crippen molar-refractivity contribution in [3.8, 4) is 0 Å². The van der Waals surface area contributed by atoms with Crippen LogP contribution in [0.25, 0.3) is 0 Å². The summed E-state index contributed by atoms with van der Waals surface area (Å²) in [6.07, 6.45) is 4.93. The first kappa shape index (κ1) is 27.8. The average molecular weight is 547 g/mol. The molecule has 0 unspecified atom stereocenters. The van der Waals surface area contributed by atoms with Crippen molar-refractivity contribution in [1.29, 1.82) is 10.8 Å². The zero-order valence-electron chi connectivity index (χ0n) is 22.1. The number of aromatic nitrogens is 1. The molecule has 204 valence electrons. The fraction of sp³-hybridized carbons (Fsp3) is 0.481. The number of carbonyl (C=O) groups excluding carboxylic acids is 1. The minimum atomic E-state index is -3.40. The Morgan fingerprint density at radius 1 is 1.29 bits per heavy atom. The third-order valence-electron chi connectivity index (χ3n) is 8.12. The maximum absolute atomic E-state index is 14.3. The van der Waals surface area contributed by atoms with Crippen molar-refractivity contribution in [3.63, 3.8) is 0 Å². The summed E-state index contributed by atoms with van der Waals surface area (Å²) in [7, 11) is -3.40. The molecule has 4 rings (SSSR count). The number of oxazole rings is 1. The molecule has 11 heteroatoms. The van der Waals surface area contributed by atoms with Crippen LogP contribution in [0.4, 0.5) is 8.78 Å². The summed E-state index contributed by atoms with van der Waals surface area (Å²) in [5, 5.41) is 17.6. The molecule has 2 bridgehead atoms. The molecule has 38 heavy (non-hydrogen) atoms. The first-order valence-corrected chi connectivity index (χ1v) is 14.4. The molecule has 2 N–H and O–H groups in total. The van der Waals surface area contributed by atoms with Crippen LogP contribution in [0.2, 0.25) is 0 Å². The molecule has 8 nitrogen and oxygen atoms in total. The molecule has 2 aliphatic carbocycles. The van der Waals surface area contributed by atoms with Crippen LogP contribution in [0.15, 0.2) is 40.5 Å². The van der Waals surface area contributed by atoms with Crippen molar-refractivity contribution in [1.82, 2.24) is 9.88 Å². The first-order valence-electron chi connectivity index (χ1n) is 12.4. The maximum atomic E-state index is 14.3. The van der Waals surface area contributed by atoms with E-state index < -0.39 is 49.5 Å². The molecule has 2 fully saturated rings. The Morgan fingerprint density at radius 2 is 1.92 bits per heavy atom. The summed E-state index contributed by atoms with van der Waals surface area (Å²) in [5.74, 6) is -2.73. The van der Waals surface area contributed by atoms with Gasteiger partial charge in [0.05, 0.1) is 11.3 Å². The SMILES string of the molecule is CC(C)N(C[C@@]12CC[C@@H](/C(=C/C(=N)c3c(F)cccc3F)C1=N)C2(C)C)C(=O)c1coc(CS(C)(=O)=O)n1.